The molecule has 0 fully saturated rings. The number of rotatable bonds is 12. The third-order valence-corrected chi connectivity index (χ3v) is 4.29. The number of carboxylic acids is 1. The molecule has 0 saturated heterocycles. The smallest absolute Gasteiger partial charge is 0.303 e. The van der Waals surface area contributed by atoms with Crippen molar-refractivity contribution >= 4 is 5.97 Å². The number of unbranched alkanes of at least 4 members (excludes halogenated alkanes) is 5. The summed E-state index contributed by atoms with van der Waals surface area (Å²) in [7, 11) is 0. The molecule has 0 unspecified atom stereocenters. The molecule has 0 bridgehead atoms. The number of hydrogen-bond donors (Lipinski definition) is 1. The SMILES string of the molecule is CCCCCCC=C[C@H]1C=CC[C@@H]1CC=CCCCC(=O)O. The van der Waals surface area contributed by atoms with Gasteiger partial charge in [0.15, 0.2) is 0 Å². The van der Waals surface area contributed by atoms with E-state index < -0.39 is 5.97 Å². The Bertz CT molecular complexity index is 379. The van der Waals surface area contributed by atoms with Gasteiger partial charge in [-0.15, -0.1) is 0 Å². The number of carboxylic acid groups (broad SMARTS) is 1. The molecule has 1 aliphatic rings. The Balaban J connectivity index is 2.16. The second kappa shape index (κ2) is 12.3. The van der Waals surface area contributed by atoms with Crippen LogP contribution in [0.25, 0.3) is 0 Å². The van der Waals surface area contributed by atoms with Gasteiger partial charge in [0.1, 0.15) is 0 Å². The first kappa shape index (κ1) is 18.7. The highest BCUT2D eigenvalue weighted by Crippen LogP contribution is 2.30. The third kappa shape index (κ3) is 8.86. The minimum Gasteiger partial charge on any atom is -0.481 e. The number of hydrogen-bond acceptors (Lipinski definition) is 1. The van der Waals surface area contributed by atoms with E-state index in [1.165, 1.54) is 38.5 Å². The first-order valence-electron chi connectivity index (χ1n) is 8.94. The minimum atomic E-state index is -0.697. The molecule has 0 spiro atoms. The molecule has 0 aromatic carbocycles. The molecule has 1 aliphatic carbocycles. The van der Waals surface area contributed by atoms with Crippen LogP contribution in [0.1, 0.15) is 71.1 Å². The fourth-order valence-corrected chi connectivity index (χ4v) is 2.90. The summed E-state index contributed by atoms with van der Waals surface area (Å²) < 4.78 is 0. The Morgan fingerprint density at radius 3 is 2.73 bits per heavy atom. The quantitative estimate of drug-likeness (QED) is 0.359. The molecule has 2 atom stereocenters. The molecule has 124 valence electrons. The van der Waals surface area contributed by atoms with Crippen molar-refractivity contribution in [3.63, 3.8) is 0 Å². The van der Waals surface area contributed by atoms with Gasteiger partial charge in [0.05, 0.1) is 0 Å². The van der Waals surface area contributed by atoms with Crippen molar-refractivity contribution in [3.8, 4) is 0 Å². The van der Waals surface area contributed by atoms with Crippen molar-refractivity contribution < 1.29 is 9.90 Å². The lowest BCUT2D eigenvalue weighted by atomic mass is 9.91. The number of aliphatic carboxylic acids is 1. The summed E-state index contributed by atoms with van der Waals surface area (Å²) in [5.41, 5.74) is 0. The molecule has 2 heteroatoms. The highest BCUT2D eigenvalue weighted by atomic mass is 16.4. The molecule has 0 aromatic rings. The Morgan fingerprint density at radius 1 is 1.14 bits per heavy atom. The van der Waals surface area contributed by atoms with E-state index in [9.17, 15) is 4.79 Å². The summed E-state index contributed by atoms with van der Waals surface area (Å²) in [5, 5.41) is 8.59. The lowest BCUT2D eigenvalue weighted by molar-refractivity contribution is -0.137. The Morgan fingerprint density at radius 2 is 1.95 bits per heavy atom. The zero-order valence-corrected chi connectivity index (χ0v) is 14.0. The summed E-state index contributed by atoms with van der Waals surface area (Å²) in [4.78, 5) is 10.4. The van der Waals surface area contributed by atoms with Crippen LogP contribution in [0.5, 0.6) is 0 Å². The molecule has 0 aromatic heterocycles. The predicted molar refractivity (Wildman–Crippen MR) is 93.9 cm³/mol. The maximum absolute atomic E-state index is 10.4. The molecule has 0 aliphatic heterocycles. The van der Waals surface area contributed by atoms with Crippen LogP contribution >= 0.6 is 0 Å². The second-order valence-corrected chi connectivity index (χ2v) is 6.27. The molecular formula is C20H32O2. The van der Waals surface area contributed by atoms with Crippen LogP contribution in [0.2, 0.25) is 0 Å². The van der Waals surface area contributed by atoms with Crippen molar-refractivity contribution in [3.05, 3.63) is 36.5 Å². The topological polar surface area (TPSA) is 37.3 Å². The Kier molecular flexibility index (Phi) is 10.4. The van der Waals surface area contributed by atoms with E-state index in [2.05, 4.69) is 43.4 Å². The highest BCUT2D eigenvalue weighted by molar-refractivity contribution is 5.66. The molecule has 2 nitrogen and oxygen atoms in total. The zero-order chi connectivity index (χ0) is 16.0. The van der Waals surface area contributed by atoms with Crippen LogP contribution in [0, 0.1) is 11.8 Å². The predicted octanol–water partition coefficient (Wildman–Crippen LogP) is 5.91. The summed E-state index contributed by atoms with van der Waals surface area (Å²) >= 11 is 0. The first-order chi connectivity index (χ1) is 10.7. The summed E-state index contributed by atoms with van der Waals surface area (Å²) in [6.07, 6.45) is 24.5. The molecular weight excluding hydrogens is 272 g/mol. The monoisotopic (exact) mass is 304 g/mol. The van der Waals surface area contributed by atoms with E-state index in [4.69, 9.17) is 5.11 Å². The fraction of sp³-hybridized carbons (Fsp3) is 0.650. The van der Waals surface area contributed by atoms with Gasteiger partial charge >= 0.3 is 5.97 Å². The highest BCUT2D eigenvalue weighted by Gasteiger charge is 2.18. The van der Waals surface area contributed by atoms with Gasteiger partial charge in [-0.1, -0.05) is 62.6 Å². The van der Waals surface area contributed by atoms with Crippen molar-refractivity contribution in [2.24, 2.45) is 11.8 Å². The molecule has 0 amide bonds. The lowest BCUT2D eigenvalue weighted by Gasteiger charge is -2.13. The summed E-state index contributed by atoms with van der Waals surface area (Å²) in [5.74, 6) is 0.593. The fourth-order valence-electron chi connectivity index (χ4n) is 2.90. The van der Waals surface area contributed by atoms with Crippen LogP contribution in [0.15, 0.2) is 36.5 Å². The van der Waals surface area contributed by atoms with E-state index in [0.717, 1.165) is 19.3 Å². The summed E-state index contributed by atoms with van der Waals surface area (Å²) in [6, 6.07) is 0. The lowest BCUT2D eigenvalue weighted by Crippen LogP contribution is -2.04. The van der Waals surface area contributed by atoms with Gasteiger partial charge < -0.3 is 5.11 Å². The van der Waals surface area contributed by atoms with E-state index >= 15 is 0 Å². The number of allylic oxidation sites excluding steroid dienone is 6. The molecule has 1 N–H and O–H groups in total. The third-order valence-electron chi connectivity index (χ3n) is 4.29. The standard InChI is InChI=1S/C20H32O2/c1-2-3-4-5-6-9-13-18-15-12-16-19(18)14-10-7-8-11-17-20(21)22/h7,9-10,12-13,15,18-19H,2-6,8,11,14,16-17H2,1H3,(H,21,22)/t18-,19-/m0/s1. The van der Waals surface area contributed by atoms with E-state index in [-0.39, 0.29) is 6.42 Å². The van der Waals surface area contributed by atoms with Gasteiger partial charge in [0.2, 0.25) is 0 Å². The van der Waals surface area contributed by atoms with Gasteiger partial charge in [0, 0.05) is 6.42 Å². The van der Waals surface area contributed by atoms with Gasteiger partial charge in [-0.3, -0.25) is 4.79 Å². The van der Waals surface area contributed by atoms with Crippen LogP contribution in [0.3, 0.4) is 0 Å². The van der Waals surface area contributed by atoms with Gasteiger partial charge in [0.25, 0.3) is 0 Å². The average Bonchev–Trinajstić information content (AvgIpc) is 2.93. The van der Waals surface area contributed by atoms with E-state index in [1.807, 2.05) is 0 Å². The van der Waals surface area contributed by atoms with Crippen LogP contribution in [-0.4, -0.2) is 11.1 Å². The summed E-state index contributed by atoms with van der Waals surface area (Å²) in [6.45, 7) is 2.25. The van der Waals surface area contributed by atoms with Crippen molar-refractivity contribution in [1.29, 1.82) is 0 Å². The van der Waals surface area contributed by atoms with Crippen LogP contribution in [0.4, 0.5) is 0 Å². The average molecular weight is 304 g/mol. The van der Waals surface area contributed by atoms with Crippen LogP contribution < -0.4 is 0 Å². The maximum Gasteiger partial charge on any atom is 0.303 e. The first-order valence-corrected chi connectivity index (χ1v) is 8.94. The van der Waals surface area contributed by atoms with Crippen molar-refractivity contribution in [1.82, 2.24) is 0 Å². The number of carbonyl (C=O) groups is 1. The van der Waals surface area contributed by atoms with Crippen molar-refractivity contribution in [2.75, 3.05) is 0 Å². The van der Waals surface area contributed by atoms with E-state index in [0.29, 0.717) is 11.8 Å². The Hall–Kier alpha value is -1.31. The maximum atomic E-state index is 10.4. The second-order valence-electron chi connectivity index (χ2n) is 6.27. The molecule has 0 radical (unpaired) electrons. The molecule has 0 saturated carbocycles. The van der Waals surface area contributed by atoms with Gasteiger partial charge in [-0.2, -0.15) is 0 Å². The minimum absolute atomic E-state index is 0.277. The Labute approximate surface area is 136 Å². The van der Waals surface area contributed by atoms with E-state index in [1.54, 1.807) is 0 Å². The molecule has 0 heterocycles. The van der Waals surface area contributed by atoms with Gasteiger partial charge in [-0.05, 0) is 50.4 Å². The largest absolute Gasteiger partial charge is 0.481 e. The van der Waals surface area contributed by atoms with Crippen LogP contribution in [-0.2, 0) is 4.79 Å². The van der Waals surface area contributed by atoms with Crippen molar-refractivity contribution in [2.45, 2.75) is 71.1 Å². The normalized spacial score (nSPS) is 21.3. The van der Waals surface area contributed by atoms with Gasteiger partial charge in [-0.25, -0.2) is 0 Å². The molecule has 22 heavy (non-hydrogen) atoms. The zero-order valence-electron chi connectivity index (χ0n) is 14.0. The molecule has 1 rings (SSSR count).